The summed E-state index contributed by atoms with van der Waals surface area (Å²) < 4.78 is 2.03. The second kappa shape index (κ2) is 6.52. The lowest BCUT2D eigenvalue weighted by Crippen LogP contribution is -2.23. The van der Waals surface area contributed by atoms with Gasteiger partial charge in [-0.2, -0.15) is 11.8 Å². The van der Waals surface area contributed by atoms with Crippen LogP contribution in [-0.2, 0) is 6.54 Å². The lowest BCUT2D eigenvalue weighted by atomic mass is 10.2. The zero-order valence-corrected chi connectivity index (χ0v) is 12.3. The van der Waals surface area contributed by atoms with Crippen LogP contribution in [0, 0.1) is 5.92 Å². The Balaban J connectivity index is 1.91. The van der Waals surface area contributed by atoms with Crippen molar-refractivity contribution in [3.63, 3.8) is 0 Å². The van der Waals surface area contributed by atoms with Gasteiger partial charge in [-0.1, -0.05) is 13.8 Å². The molecule has 0 spiro atoms. The minimum atomic E-state index is 0.494. The first kappa shape index (κ1) is 13.8. The van der Waals surface area contributed by atoms with E-state index in [0.29, 0.717) is 12.0 Å². The lowest BCUT2D eigenvalue weighted by Gasteiger charge is -2.13. The van der Waals surface area contributed by atoms with E-state index in [4.69, 9.17) is 0 Å². The maximum absolute atomic E-state index is 4.17. The highest BCUT2D eigenvalue weighted by atomic mass is 32.2. The molecule has 18 heavy (non-hydrogen) atoms. The van der Waals surface area contributed by atoms with Crippen molar-refractivity contribution in [1.29, 1.82) is 0 Å². The Hall–Kier alpha value is -0.620. The second-order valence-corrected chi connectivity index (χ2v) is 6.53. The molecule has 1 saturated carbocycles. The summed E-state index contributed by atoms with van der Waals surface area (Å²) >= 11 is 1.96. The van der Waals surface area contributed by atoms with E-state index < -0.39 is 0 Å². The molecule has 1 aliphatic rings. The summed E-state index contributed by atoms with van der Waals surface area (Å²) in [6.07, 6.45) is 5.87. The normalized spacial score (nSPS) is 24.0. The van der Waals surface area contributed by atoms with Crippen LogP contribution < -0.4 is 5.32 Å². The molecule has 1 aromatic rings. The average molecular weight is 269 g/mol. The van der Waals surface area contributed by atoms with E-state index in [1.165, 1.54) is 19.3 Å². The number of hydrogen-bond donors (Lipinski definition) is 1. The molecule has 0 saturated heterocycles. The van der Waals surface area contributed by atoms with Crippen LogP contribution in [0.4, 0.5) is 0 Å². The van der Waals surface area contributed by atoms with Crippen molar-refractivity contribution in [3.8, 4) is 0 Å². The molecule has 1 heterocycles. The van der Waals surface area contributed by atoms with Gasteiger partial charge < -0.3 is 5.32 Å². The van der Waals surface area contributed by atoms with E-state index in [1.807, 2.05) is 16.4 Å². The van der Waals surface area contributed by atoms with Gasteiger partial charge in [0.05, 0.1) is 12.6 Å². The maximum Gasteiger partial charge on any atom is 0.165 e. The molecule has 1 fully saturated rings. The number of rotatable bonds is 6. The highest BCUT2D eigenvalue weighted by Gasteiger charge is 2.27. The largest absolute Gasteiger partial charge is 0.310 e. The topological polar surface area (TPSA) is 55.6 Å². The SMILES string of the molecule is CSC1CCC(n2nnnc2CNCC(C)C)C1. The number of tetrazole rings is 1. The van der Waals surface area contributed by atoms with Crippen LogP contribution in [0.25, 0.3) is 0 Å². The molecule has 0 amide bonds. The molecule has 0 radical (unpaired) electrons. The zero-order valence-electron chi connectivity index (χ0n) is 11.5. The molecule has 2 atom stereocenters. The van der Waals surface area contributed by atoms with E-state index in [0.717, 1.165) is 24.2 Å². The molecule has 1 aliphatic carbocycles. The van der Waals surface area contributed by atoms with Gasteiger partial charge in [-0.25, -0.2) is 4.68 Å². The Labute approximate surface area is 113 Å². The van der Waals surface area contributed by atoms with Crippen molar-refractivity contribution in [2.75, 3.05) is 12.8 Å². The molecule has 0 aromatic carbocycles. The molecular weight excluding hydrogens is 246 g/mol. The van der Waals surface area contributed by atoms with Crippen LogP contribution in [0.2, 0.25) is 0 Å². The molecule has 102 valence electrons. The summed E-state index contributed by atoms with van der Waals surface area (Å²) in [7, 11) is 0. The van der Waals surface area contributed by atoms with E-state index in [1.54, 1.807) is 0 Å². The molecule has 1 N–H and O–H groups in total. The predicted octanol–water partition coefficient (Wildman–Crippen LogP) is 1.88. The van der Waals surface area contributed by atoms with Crippen molar-refractivity contribution in [2.45, 2.75) is 50.9 Å². The third-order valence-corrected chi connectivity index (χ3v) is 4.53. The van der Waals surface area contributed by atoms with E-state index in [2.05, 4.69) is 40.9 Å². The van der Waals surface area contributed by atoms with Gasteiger partial charge in [-0.05, 0) is 48.4 Å². The Morgan fingerprint density at radius 1 is 1.44 bits per heavy atom. The zero-order chi connectivity index (χ0) is 13.0. The Kier molecular flexibility index (Phi) is 5.00. The standard InChI is InChI=1S/C12H23N5S/c1-9(2)7-13-8-12-14-15-16-17(12)10-4-5-11(6-10)18-3/h9-11,13H,4-8H2,1-3H3. The van der Waals surface area contributed by atoms with Crippen molar-refractivity contribution < 1.29 is 0 Å². The van der Waals surface area contributed by atoms with Crippen LogP contribution in [0.3, 0.4) is 0 Å². The van der Waals surface area contributed by atoms with Crippen LogP contribution in [0.15, 0.2) is 0 Å². The summed E-state index contributed by atoms with van der Waals surface area (Å²) in [6.45, 7) is 6.18. The van der Waals surface area contributed by atoms with E-state index in [9.17, 15) is 0 Å². The Morgan fingerprint density at radius 3 is 2.94 bits per heavy atom. The molecule has 2 rings (SSSR count). The number of aromatic nitrogens is 4. The fraction of sp³-hybridized carbons (Fsp3) is 0.917. The number of nitrogens with zero attached hydrogens (tertiary/aromatic N) is 4. The number of nitrogens with one attached hydrogen (secondary N) is 1. The summed E-state index contributed by atoms with van der Waals surface area (Å²) in [6, 6.07) is 0.494. The van der Waals surface area contributed by atoms with Gasteiger partial charge in [-0.15, -0.1) is 5.10 Å². The lowest BCUT2D eigenvalue weighted by molar-refractivity contribution is 0.427. The van der Waals surface area contributed by atoms with Gasteiger partial charge in [0.25, 0.3) is 0 Å². The van der Waals surface area contributed by atoms with Crippen molar-refractivity contribution in [1.82, 2.24) is 25.5 Å². The molecular formula is C12H23N5S. The summed E-state index contributed by atoms with van der Waals surface area (Å²) in [5.41, 5.74) is 0. The second-order valence-electron chi connectivity index (χ2n) is 5.39. The van der Waals surface area contributed by atoms with Gasteiger partial charge in [0.15, 0.2) is 5.82 Å². The molecule has 6 heteroatoms. The average Bonchev–Trinajstić information content (AvgIpc) is 2.95. The summed E-state index contributed by atoms with van der Waals surface area (Å²) in [4.78, 5) is 0. The first-order valence-electron chi connectivity index (χ1n) is 6.71. The highest BCUT2D eigenvalue weighted by Crippen LogP contribution is 2.35. The molecule has 0 aliphatic heterocycles. The van der Waals surface area contributed by atoms with Gasteiger partial charge in [-0.3, -0.25) is 0 Å². The predicted molar refractivity (Wildman–Crippen MR) is 74.6 cm³/mol. The van der Waals surface area contributed by atoms with Gasteiger partial charge in [0.2, 0.25) is 0 Å². The summed E-state index contributed by atoms with van der Waals surface area (Å²) in [5, 5.41) is 16.3. The van der Waals surface area contributed by atoms with E-state index in [-0.39, 0.29) is 0 Å². The van der Waals surface area contributed by atoms with Gasteiger partial charge in [0, 0.05) is 5.25 Å². The van der Waals surface area contributed by atoms with Gasteiger partial charge in [0.1, 0.15) is 0 Å². The van der Waals surface area contributed by atoms with Crippen molar-refractivity contribution in [2.24, 2.45) is 5.92 Å². The van der Waals surface area contributed by atoms with Crippen LogP contribution in [0.1, 0.15) is 45.0 Å². The molecule has 0 bridgehead atoms. The monoisotopic (exact) mass is 269 g/mol. The smallest absolute Gasteiger partial charge is 0.165 e. The Bertz CT molecular complexity index is 365. The van der Waals surface area contributed by atoms with Crippen molar-refractivity contribution in [3.05, 3.63) is 5.82 Å². The van der Waals surface area contributed by atoms with Gasteiger partial charge >= 0.3 is 0 Å². The molecule has 1 aromatic heterocycles. The Morgan fingerprint density at radius 2 is 2.28 bits per heavy atom. The highest BCUT2D eigenvalue weighted by molar-refractivity contribution is 7.99. The first-order chi connectivity index (χ1) is 8.70. The number of thioether (sulfide) groups is 1. The summed E-state index contributed by atoms with van der Waals surface area (Å²) in [5.74, 6) is 1.63. The van der Waals surface area contributed by atoms with Crippen molar-refractivity contribution >= 4 is 11.8 Å². The third-order valence-electron chi connectivity index (χ3n) is 3.43. The van der Waals surface area contributed by atoms with E-state index >= 15 is 0 Å². The fourth-order valence-corrected chi connectivity index (χ4v) is 3.22. The first-order valence-corrected chi connectivity index (χ1v) is 7.99. The quantitative estimate of drug-likeness (QED) is 0.854. The van der Waals surface area contributed by atoms with Crippen LogP contribution in [0.5, 0.6) is 0 Å². The van der Waals surface area contributed by atoms with Crippen LogP contribution >= 0.6 is 11.8 Å². The third kappa shape index (κ3) is 3.45. The minimum Gasteiger partial charge on any atom is -0.310 e. The minimum absolute atomic E-state index is 0.494. The molecule has 5 nitrogen and oxygen atoms in total. The number of hydrogen-bond acceptors (Lipinski definition) is 5. The molecule has 2 unspecified atom stereocenters. The fourth-order valence-electron chi connectivity index (χ4n) is 2.44. The van der Waals surface area contributed by atoms with Crippen LogP contribution in [-0.4, -0.2) is 38.3 Å². The maximum atomic E-state index is 4.17.